The van der Waals surface area contributed by atoms with Crippen molar-refractivity contribution in [3.63, 3.8) is 0 Å². The molecule has 0 heterocycles. The Labute approximate surface area is 215 Å². The molecule has 3 aromatic carbocycles. The molecular weight excluding hydrogens is 522 g/mol. The monoisotopic (exact) mass is 543 g/mol. The molecule has 0 aliphatic rings. The van der Waals surface area contributed by atoms with Crippen molar-refractivity contribution in [2.24, 2.45) is 5.14 Å². The number of carboxylic acid groups (broad SMARTS) is 2. The van der Waals surface area contributed by atoms with Gasteiger partial charge in [-0.1, -0.05) is 0 Å². The first-order valence-electron chi connectivity index (χ1n) is 10.5. The number of sulfonamides is 1. The smallest absolute Gasteiger partial charge is 0.336 e. The highest BCUT2D eigenvalue weighted by atomic mass is 32.2. The van der Waals surface area contributed by atoms with Gasteiger partial charge in [-0.15, -0.1) is 11.8 Å². The Morgan fingerprint density at radius 1 is 0.811 bits per heavy atom. The van der Waals surface area contributed by atoms with Crippen molar-refractivity contribution in [3.8, 4) is 0 Å². The lowest BCUT2D eigenvalue weighted by molar-refractivity contribution is -0.115. The van der Waals surface area contributed by atoms with Crippen LogP contribution in [0.2, 0.25) is 0 Å². The summed E-state index contributed by atoms with van der Waals surface area (Å²) in [6, 6.07) is 15.1. The second-order valence-electron chi connectivity index (χ2n) is 7.67. The quantitative estimate of drug-likeness (QED) is 0.252. The summed E-state index contributed by atoms with van der Waals surface area (Å²) in [4.78, 5) is 48.3. The number of hydrogen-bond acceptors (Lipinski definition) is 7. The maximum atomic E-state index is 12.6. The summed E-state index contributed by atoms with van der Waals surface area (Å²) in [5.74, 6) is -3.80. The molecule has 0 saturated carbocycles. The van der Waals surface area contributed by atoms with Crippen LogP contribution in [0.25, 0.3) is 0 Å². The number of hydrogen-bond donors (Lipinski definition) is 5. The van der Waals surface area contributed by atoms with E-state index in [0.717, 1.165) is 18.2 Å². The van der Waals surface area contributed by atoms with Crippen LogP contribution in [0.3, 0.4) is 0 Å². The lowest BCUT2D eigenvalue weighted by atomic mass is 10.0. The second kappa shape index (κ2) is 11.2. The number of benzene rings is 3. The summed E-state index contributed by atoms with van der Waals surface area (Å²) < 4.78 is 22.7. The van der Waals surface area contributed by atoms with Crippen molar-refractivity contribution in [2.45, 2.75) is 22.0 Å². The number of aromatic carboxylic acids is 2. The molecule has 3 aromatic rings. The van der Waals surface area contributed by atoms with Crippen LogP contribution in [0.5, 0.6) is 0 Å². The first-order valence-corrected chi connectivity index (χ1v) is 12.9. The van der Waals surface area contributed by atoms with E-state index < -0.39 is 38.7 Å². The number of rotatable bonds is 9. The van der Waals surface area contributed by atoms with E-state index in [1.165, 1.54) is 36.0 Å². The number of nitrogens with one attached hydrogen (secondary N) is 2. The highest BCUT2D eigenvalue weighted by Gasteiger charge is 2.20. The van der Waals surface area contributed by atoms with Gasteiger partial charge in [-0.2, -0.15) is 0 Å². The lowest BCUT2D eigenvalue weighted by Crippen LogP contribution is -2.22. The number of primary sulfonamides is 1. The van der Waals surface area contributed by atoms with E-state index in [-0.39, 0.29) is 21.9 Å². The molecule has 11 nitrogen and oxygen atoms in total. The Hall–Kier alpha value is -4.20. The molecule has 0 fully saturated rings. The first kappa shape index (κ1) is 27.4. The molecule has 37 heavy (non-hydrogen) atoms. The molecule has 2 amide bonds. The summed E-state index contributed by atoms with van der Waals surface area (Å²) in [5.41, 5.74) is -0.129. The Kier molecular flexibility index (Phi) is 8.32. The topological polar surface area (TPSA) is 193 Å². The highest BCUT2D eigenvalue weighted by Crippen LogP contribution is 2.26. The summed E-state index contributed by atoms with van der Waals surface area (Å²) >= 11 is 1.24. The summed E-state index contributed by atoms with van der Waals surface area (Å²) in [6.07, 6.45) is 0. The van der Waals surface area contributed by atoms with Gasteiger partial charge in [0.25, 0.3) is 5.91 Å². The molecule has 0 aliphatic heterocycles. The SMILES string of the molecule is CC(Sc1ccc(NC(=O)c2ccc(C(=O)O)cc2C(=O)O)cc1)C(=O)Nc1ccc(S(N)(=O)=O)cc1. The van der Waals surface area contributed by atoms with Crippen molar-refractivity contribution in [3.05, 3.63) is 83.4 Å². The zero-order valence-electron chi connectivity index (χ0n) is 19.2. The summed E-state index contributed by atoms with van der Waals surface area (Å²) in [6.45, 7) is 1.68. The fourth-order valence-corrected chi connectivity index (χ4v) is 4.48. The molecule has 1 atom stereocenters. The fraction of sp³-hybridized carbons (Fsp3) is 0.0833. The average molecular weight is 544 g/mol. The molecule has 0 saturated heterocycles. The van der Waals surface area contributed by atoms with Gasteiger partial charge >= 0.3 is 11.9 Å². The zero-order chi connectivity index (χ0) is 27.3. The van der Waals surface area contributed by atoms with Crippen LogP contribution < -0.4 is 15.8 Å². The number of thioether (sulfide) groups is 1. The Morgan fingerprint density at radius 2 is 1.38 bits per heavy atom. The Balaban J connectivity index is 1.62. The van der Waals surface area contributed by atoms with Crippen LogP contribution >= 0.6 is 11.8 Å². The zero-order valence-corrected chi connectivity index (χ0v) is 20.8. The maximum absolute atomic E-state index is 12.6. The van der Waals surface area contributed by atoms with E-state index >= 15 is 0 Å². The molecule has 1 unspecified atom stereocenters. The van der Waals surface area contributed by atoms with E-state index in [2.05, 4.69) is 10.6 Å². The standard InChI is InChI=1S/C24H21N3O8S2/c1-13(21(28)26-16-5-9-18(10-6-16)37(25,34)35)36-17-7-3-15(4-8-17)27-22(29)19-11-2-14(23(30)31)12-20(19)24(32)33/h2-13H,1H3,(H,26,28)(H,27,29)(H,30,31)(H,32,33)(H2,25,34,35). The number of carbonyl (C=O) groups is 4. The second-order valence-corrected chi connectivity index (χ2v) is 10.6. The van der Waals surface area contributed by atoms with Gasteiger partial charge in [0, 0.05) is 16.3 Å². The summed E-state index contributed by atoms with van der Waals surface area (Å²) in [7, 11) is -3.83. The molecule has 13 heteroatoms. The minimum atomic E-state index is -3.83. The van der Waals surface area contributed by atoms with Gasteiger partial charge in [0.15, 0.2) is 0 Å². The Morgan fingerprint density at radius 3 is 1.92 bits per heavy atom. The number of amides is 2. The van der Waals surface area contributed by atoms with Crippen LogP contribution in [-0.2, 0) is 14.8 Å². The van der Waals surface area contributed by atoms with Crippen LogP contribution in [0.15, 0.2) is 76.5 Å². The predicted molar refractivity (Wildman–Crippen MR) is 137 cm³/mol. The first-order chi connectivity index (χ1) is 17.3. The van der Waals surface area contributed by atoms with E-state index in [1.807, 2.05) is 0 Å². The van der Waals surface area contributed by atoms with Crippen LogP contribution in [-0.4, -0.2) is 47.6 Å². The largest absolute Gasteiger partial charge is 0.478 e. The third-order valence-electron chi connectivity index (χ3n) is 4.99. The van der Waals surface area contributed by atoms with Crippen LogP contribution in [0.1, 0.15) is 38.0 Å². The molecule has 0 spiro atoms. The molecule has 6 N–H and O–H groups in total. The van der Waals surface area contributed by atoms with Crippen molar-refractivity contribution < 1.29 is 37.8 Å². The van der Waals surface area contributed by atoms with E-state index in [1.54, 1.807) is 31.2 Å². The number of carbonyl (C=O) groups excluding carboxylic acids is 2. The molecular formula is C24H21N3O8S2. The van der Waals surface area contributed by atoms with Gasteiger partial charge in [-0.3, -0.25) is 9.59 Å². The molecule has 0 aromatic heterocycles. The van der Waals surface area contributed by atoms with Crippen molar-refractivity contribution in [1.29, 1.82) is 0 Å². The average Bonchev–Trinajstić information content (AvgIpc) is 2.84. The van der Waals surface area contributed by atoms with Gasteiger partial charge in [-0.05, 0) is 73.7 Å². The Bertz CT molecular complexity index is 1470. The summed E-state index contributed by atoms with van der Waals surface area (Å²) in [5, 5.41) is 28.2. The normalized spacial score (nSPS) is 11.8. The molecule has 3 rings (SSSR count). The predicted octanol–water partition coefficient (Wildman–Crippen LogP) is 3.10. The number of anilines is 2. The van der Waals surface area contributed by atoms with Gasteiger partial charge in [0.2, 0.25) is 15.9 Å². The molecule has 0 aliphatic carbocycles. The number of nitrogens with two attached hydrogens (primary N) is 1. The van der Waals surface area contributed by atoms with E-state index in [9.17, 15) is 32.7 Å². The minimum absolute atomic E-state index is 0.0726. The van der Waals surface area contributed by atoms with E-state index in [0.29, 0.717) is 16.3 Å². The van der Waals surface area contributed by atoms with Gasteiger partial charge in [0.1, 0.15) is 0 Å². The highest BCUT2D eigenvalue weighted by molar-refractivity contribution is 8.00. The third kappa shape index (κ3) is 7.16. The molecule has 0 bridgehead atoms. The third-order valence-corrected chi connectivity index (χ3v) is 7.03. The van der Waals surface area contributed by atoms with Crippen LogP contribution in [0, 0.1) is 0 Å². The van der Waals surface area contributed by atoms with Crippen molar-refractivity contribution in [1.82, 2.24) is 0 Å². The van der Waals surface area contributed by atoms with E-state index in [4.69, 9.17) is 10.2 Å². The van der Waals surface area contributed by atoms with Crippen LogP contribution in [0.4, 0.5) is 11.4 Å². The fourth-order valence-electron chi connectivity index (χ4n) is 3.10. The van der Waals surface area contributed by atoms with Crippen molar-refractivity contribution in [2.75, 3.05) is 10.6 Å². The minimum Gasteiger partial charge on any atom is -0.478 e. The molecule has 192 valence electrons. The van der Waals surface area contributed by atoms with Crippen molar-refractivity contribution >= 4 is 56.9 Å². The maximum Gasteiger partial charge on any atom is 0.336 e. The van der Waals surface area contributed by atoms with Gasteiger partial charge in [0.05, 0.1) is 26.8 Å². The van der Waals surface area contributed by atoms with Gasteiger partial charge in [-0.25, -0.2) is 23.1 Å². The number of carboxylic acids is 2. The molecule has 0 radical (unpaired) electrons. The van der Waals surface area contributed by atoms with Gasteiger partial charge < -0.3 is 20.8 Å². The lowest BCUT2D eigenvalue weighted by Gasteiger charge is -2.13.